The first-order chi connectivity index (χ1) is 16.3. The van der Waals surface area contributed by atoms with Gasteiger partial charge in [0.1, 0.15) is 10.3 Å². The van der Waals surface area contributed by atoms with Crippen LogP contribution in [0.5, 0.6) is 0 Å². The van der Waals surface area contributed by atoms with Crippen LogP contribution in [-0.4, -0.2) is 48.2 Å². The average molecular weight is 522 g/mol. The first kappa shape index (κ1) is 24.8. The monoisotopic (exact) mass is 521 g/mol. The van der Waals surface area contributed by atoms with E-state index in [2.05, 4.69) is 36.9 Å². The standard InChI is InChI=1S/C25H24BrN5O3/c1-31(2)16-4-7-23(32)27-18-10-8-17(9-11-18)24(33)28-19-12-14-20(15-13-19)29-25(34)21-5-3-6-22(26)30-21/h3-15H,16H2,1-2H3,(H,27,32)(H,28,33)(H,29,34)/b7-4+. The molecule has 3 amide bonds. The highest BCUT2D eigenvalue weighted by Gasteiger charge is 2.10. The Hall–Kier alpha value is -3.82. The number of amides is 3. The number of hydrogen-bond donors (Lipinski definition) is 3. The highest BCUT2D eigenvalue weighted by molar-refractivity contribution is 9.10. The number of hydrogen-bond acceptors (Lipinski definition) is 5. The summed E-state index contributed by atoms with van der Waals surface area (Å²) in [5, 5.41) is 8.31. The zero-order chi connectivity index (χ0) is 24.5. The summed E-state index contributed by atoms with van der Waals surface area (Å²) < 4.78 is 0.575. The number of carbonyl (C=O) groups excluding carboxylic acids is 3. The third-order valence-corrected chi connectivity index (χ3v) is 4.94. The molecule has 34 heavy (non-hydrogen) atoms. The molecule has 0 aliphatic carbocycles. The van der Waals surface area contributed by atoms with Gasteiger partial charge in [-0.15, -0.1) is 0 Å². The van der Waals surface area contributed by atoms with E-state index in [4.69, 9.17) is 0 Å². The van der Waals surface area contributed by atoms with Crippen molar-refractivity contribution in [2.75, 3.05) is 36.6 Å². The Bertz CT molecular complexity index is 1190. The summed E-state index contributed by atoms with van der Waals surface area (Å²) in [6.07, 6.45) is 3.24. The number of aromatic nitrogens is 1. The van der Waals surface area contributed by atoms with Gasteiger partial charge in [0.25, 0.3) is 11.8 Å². The highest BCUT2D eigenvalue weighted by atomic mass is 79.9. The zero-order valence-corrected chi connectivity index (χ0v) is 20.3. The Balaban J connectivity index is 1.53. The van der Waals surface area contributed by atoms with Crippen molar-refractivity contribution in [3.8, 4) is 0 Å². The molecule has 1 heterocycles. The Kier molecular flexibility index (Phi) is 8.66. The molecule has 2 aromatic carbocycles. The van der Waals surface area contributed by atoms with E-state index in [1.807, 2.05) is 19.0 Å². The molecule has 0 atom stereocenters. The lowest BCUT2D eigenvalue weighted by atomic mass is 10.2. The van der Waals surface area contributed by atoms with Crippen LogP contribution >= 0.6 is 15.9 Å². The molecule has 3 aromatic rings. The van der Waals surface area contributed by atoms with Crippen LogP contribution in [0, 0.1) is 0 Å². The Morgan fingerprint density at radius 1 is 0.824 bits per heavy atom. The largest absolute Gasteiger partial charge is 0.323 e. The molecule has 1 aromatic heterocycles. The summed E-state index contributed by atoms with van der Waals surface area (Å²) in [7, 11) is 3.84. The molecule has 0 saturated heterocycles. The maximum absolute atomic E-state index is 12.5. The van der Waals surface area contributed by atoms with Crippen molar-refractivity contribution in [3.05, 3.63) is 94.7 Å². The summed E-state index contributed by atoms with van der Waals surface area (Å²) in [4.78, 5) is 42.8. The highest BCUT2D eigenvalue weighted by Crippen LogP contribution is 2.17. The number of rotatable bonds is 8. The minimum Gasteiger partial charge on any atom is -0.323 e. The van der Waals surface area contributed by atoms with Crippen molar-refractivity contribution >= 4 is 50.7 Å². The molecule has 0 unspecified atom stereocenters. The first-order valence-corrected chi connectivity index (χ1v) is 11.2. The molecule has 0 radical (unpaired) electrons. The second kappa shape index (κ2) is 11.9. The van der Waals surface area contributed by atoms with E-state index in [1.54, 1.807) is 72.8 Å². The first-order valence-electron chi connectivity index (χ1n) is 10.4. The minimum atomic E-state index is -0.335. The summed E-state index contributed by atoms with van der Waals surface area (Å²) >= 11 is 3.24. The Labute approximate surface area is 206 Å². The lowest BCUT2D eigenvalue weighted by Crippen LogP contribution is -2.14. The van der Waals surface area contributed by atoms with Gasteiger partial charge in [-0.25, -0.2) is 4.98 Å². The topological polar surface area (TPSA) is 103 Å². The van der Waals surface area contributed by atoms with Gasteiger partial charge >= 0.3 is 0 Å². The maximum atomic E-state index is 12.5. The van der Waals surface area contributed by atoms with E-state index in [1.165, 1.54) is 6.08 Å². The summed E-state index contributed by atoms with van der Waals surface area (Å²) in [6, 6.07) is 18.4. The number of likely N-dealkylation sites (N-methyl/N-ethyl adjacent to an activating group) is 1. The predicted octanol–water partition coefficient (Wildman–Crippen LogP) is 4.41. The van der Waals surface area contributed by atoms with Gasteiger partial charge in [-0.2, -0.15) is 0 Å². The molecular weight excluding hydrogens is 498 g/mol. The van der Waals surface area contributed by atoms with Gasteiger partial charge in [-0.3, -0.25) is 14.4 Å². The van der Waals surface area contributed by atoms with E-state index >= 15 is 0 Å². The van der Waals surface area contributed by atoms with E-state index in [0.717, 1.165) is 0 Å². The SMILES string of the molecule is CN(C)C/C=C/C(=O)Nc1ccc(C(=O)Nc2ccc(NC(=O)c3cccc(Br)n3)cc2)cc1. The number of halogens is 1. The molecule has 0 saturated carbocycles. The Morgan fingerprint density at radius 2 is 1.38 bits per heavy atom. The van der Waals surface area contributed by atoms with Crippen molar-refractivity contribution in [1.82, 2.24) is 9.88 Å². The number of anilines is 3. The molecule has 3 rings (SSSR count). The number of nitrogens with zero attached hydrogens (tertiary/aromatic N) is 2. The zero-order valence-electron chi connectivity index (χ0n) is 18.7. The van der Waals surface area contributed by atoms with Gasteiger partial charge < -0.3 is 20.9 Å². The van der Waals surface area contributed by atoms with Crippen LogP contribution in [0.2, 0.25) is 0 Å². The molecule has 174 valence electrons. The summed E-state index contributed by atoms with van der Waals surface area (Å²) in [6.45, 7) is 0.669. The second-order valence-corrected chi connectivity index (χ2v) is 8.37. The van der Waals surface area contributed by atoms with E-state index in [0.29, 0.717) is 33.8 Å². The normalized spacial score (nSPS) is 10.8. The second-order valence-electron chi connectivity index (χ2n) is 7.56. The molecule has 0 bridgehead atoms. The van der Waals surface area contributed by atoms with Crippen LogP contribution < -0.4 is 16.0 Å². The number of pyridine rings is 1. The van der Waals surface area contributed by atoms with E-state index in [-0.39, 0.29) is 23.4 Å². The van der Waals surface area contributed by atoms with Gasteiger partial charge in [0.15, 0.2) is 0 Å². The molecule has 0 aliphatic heterocycles. The average Bonchev–Trinajstić information content (AvgIpc) is 2.80. The molecule has 0 fully saturated rings. The third kappa shape index (κ3) is 7.65. The number of nitrogens with one attached hydrogen (secondary N) is 3. The third-order valence-electron chi connectivity index (χ3n) is 4.50. The molecule has 3 N–H and O–H groups in total. The van der Waals surface area contributed by atoms with E-state index in [9.17, 15) is 14.4 Å². The van der Waals surface area contributed by atoms with Crippen molar-refractivity contribution in [2.45, 2.75) is 0 Å². The number of benzene rings is 2. The quantitative estimate of drug-likeness (QED) is 0.301. The van der Waals surface area contributed by atoms with Crippen LogP contribution in [0.1, 0.15) is 20.8 Å². The Morgan fingerprint density at radius 3 is 1.97 bits per heavy atom. The smallest absolute Gasteiger partial charge is 0.274 e. The van der Waals surface area contributed by atoms with Crippen molar-refractivity contribution in [1.29, 1.82) is 0 Å². The molecule has 0 spiro atoms. The van der Waals surface area contributed by atoms with Gasteiger partial charge in [0.05, 0.1) is 0 Å². The fourth-order valence-electron chi connectivity index (χ4n) is 2.83. The molecule has 0 aliphatic rings. The van der Waals surface area contributed by atoms with Crippen LogP contribution in [0.25, 0.3) is 0 Å². The van der Waals surface area contributed by atoms with Crippen molar-refractivity contribution in [3.63, 3.8) is 0 Å². The summed E-state index contributed by atoms with van der Waals surface area (Å²) in [5.74, 6) is -0.862. The summed E-state index contributed by atoms with van der Waals surface area (Å²) in [5.41, 5.74) is 2.47. The lowest BCUT2D eigenvalue weighted by Gasteiger charge is -2.09. The molecular formula is C25H24BrN5O3. The fraction of sp³-hybridized carbons (Fsp3) is 0.120. The minimum absolute atomic E-state index is 0.234. The maximum Gasteiger partial charge on any atom is 0.274 e. The predicted molar refractivity (Wildman–Crippen MR) is 137 cm³/mol. The van der Waals surface area contributed by atoms with Crippen LogP contribution in [0.15, 0.2) is 83.5 Å². The van der Waals surface area contributed by atoms with Gasteiger partial charge in [-0.1, -0.05) is 12.1 Å². The molecule has 9 heteroatoms. The lowest BCUT2D eigenvalue weighted by molar-refractivity contribution is -0.111. The number of carbonyl (C=O) groups is 3. The van der Waals surface area contributed by atoms with Gasteiger partial charge in [0.2, 0.25) is 5.91 Å². The van der Waals surface area contributed by atoms with E-state index < -0.39 is 0 Å². The van der Waals surface area contributed by atoms with Crippen molar-refractivity contribution in [2.24, 2.45) is 0 Å². The van der Waals surface area contributed by atoms with Crippen LogP contribution in [0.4, 0.5) is 17.1 Å². The van der Waals surface area contributed by atoms with Gasteiger partial charge in [-0.05, 0) is 90.7 Å². The van der Waals surface area contributed by atoms with Crippen LogP contribution in [-0.2, 0) is 4.79 Å². The van der Waals surface area contributed by atoms with Crippen molar-refractivity contribution < 1.29 is 14.4 Å². The fourth-order valence-corrected chi connectivity index (χ4v) is 3.17. The van der Waals surface area contributed by atoms with Crippen LogP contribution in [0.3, 0.4) is 0 Å². The molecule has 8 nitrogen and oxygen atoms in total. The van der Waals surface area contributed by atoms with Gasteiger partial charge in [0, 0.05) is 35.2 Å².